The van der Waals surface area contributed by atoms with Crippen LogP contribution < -0.4 is 5.32 Å². The summed E-state index contributed by atoms with van der Waals surface area (Å²) >= 11 is 1.79. The van der Waals surface area contributed by atoms with Crippen molar-refractivity contribution < 1.29 is 0 Å². The van der Waals surface area contributed by atoms with Gasteiger partial charge in [0.2, 0.25) is 0 Å². The van der Waals surface area contributed by atoms with Crippen LogP contribution in [0.5, 0.6) is 0 Å². The molecular weight excluding hydrogens is 250 g/mol. The summed E-state index contributed by atoms with van der Waals surface area (Å²) in [4.78, 5) is 0. The summed E-state index contributed by atoms with van der Waals surface area (Å²) in [5, 5.41) is 8.14. The Morgan fingerprint density at radius 2 is 1.95 bits per heavy atom. The molecule has 1 fully saturated rings. The molecule has 1 nitrogen and oxygen atoms in total. The Balaban J connectivity index is 1.71. The van der Waals surface area contributed by atoms with E-state index in [0.29, 0.717) is 11.5 Å². The third kappa shape index (κ3) is 4.32. The minimum atomic E-state index is 0.502. The molecule has 1 aromatic rings. The standard InChI is InChI=1S/C17H29NS/c1-13(15-9-10-19-12-15)18-11-14-5-7-16(8-6-14)17(2,3)4/h9-10,12-14,16,18H,5-8,11H2,1-4H3. The molecule has 0 radical (unpaired) electrons. The molecule has 1 aliphatic carbocycles. The van der Waals surface area contributed by atoms with E-state index >= 15 is 0 Å². The first-order valence-corrected chi connectivity index (χ1v) is 8.66. The van der Waals surface area contributed by atoms with Crippen LogP contribution in [0.2, 0.25) is 0 Å². The van der Waals surface area contributed by atoms with Gasteiger partial charge in [0.05, 0.1) is 0 Å². The van der Waals surface area contributed by atoms with Crippen LogP contribution in [0.4, 0.5) is 0 Å². The van der Waals surface area contributed by atoms with Gasteiger partial charge in [0.15, 0.2) is 0 Å². The topological polar surface area (TPSA) is 12.0 Å². The van der Waals surface area contributed by atoms with Gasteiger partial charge in [-0.25, -0.2) is 0 Å². The van der Waals surface area contributed by atoms with Gasteiger partial charge in [0.25, 0.3) is 0 Å². The van der Waals surface area contributed by atoms with Crippen LogP contribution >= 0.6 is 11.3 Å². The Bertz CT molecular complexity index is 355. The highest BCUT2D eigenvalue weighted by molar-refractivity contribution is 7.07. The lowest BCUT2D eigenvalue weighted by atomic mass is 9.70. The predicted octanol–water partition coefficient (Wildman–Crippen LogP) is 5.25. The first-order valence-electron chi connectivity index (χ1n) is 7.72. The largest absolute Gasteiger partial charge is 0.310 e. The molecule has 2 rings (SSSR count). The van der Waals surface area contributed by atoms with Crippen LogP contribution in [0.15, 0.2) is 16.8 Å². The molecule has 1 aliphatic rings. The normalized spacial score (nSPS) is 26.3. The van der Waals surface area contributed by atoms with E-state index in [1.165, 1.54) is 37.8 Å². The van der Waals surface area contributed by atoms with Crippen LogP contribution in [-0.2, 0) is 0 Å². The van der Waals surface area contributed by atoms with E-state index in [4.69, 9.17) is 0 Å². The molecular formula is C17H29NS. The first kappa shape index (κ1) is 15.1. The van der Waals surface area contributed by atoms with Crippen molar-refractivity contribution in [2.45, 2.75) is 59.4 Å². The average molecular weight is 279 g/mol. The molecule has 19 heavy (non-hydrogen) atoms. The minimum Gasteiger partial charge on any atom is -0.310 e. The predicted molar refractivity (Wildman–Crippen MR) is 85.6 cm³/mol. The Labute approximate surface area is 122 Å². The number of nitrogens with one attached hydrogen (secondary N) is 1. The molecule has 0 aromatic carbocycles. The molecule has 1 N–H and O–H groups in total. The van der Waals surface area contributed by atoms with E-state index in [9.17, 15) is 0 Å². The fourth-order valence-corrected chi connectivity index (χ4v) is 3.97. The average Bonchev–Trinajstić information content (AvgIpc) is 2.89. The summed E-state index contributed by atoms with van der Waals surface area (Å²) in [6.45, 7) is 10.7. The van der Waals surface area contributed by atoms with Gasteiger partial charge in [-0.15, -0.1) is 0 Å². The van der Waals surface area contributed by atoms with Crippen molar-refractivity contribution in [2.75, 3.05) is 6.54 Å². The number of thiophene rings is 1. The lowest BCUT2D eigenvalue weighted by Crippen LogP contribution is -2.31. The maximum Gasteiger partial charge on any atom is 0.0300 e. The van der Waals surface area contributed by atoms with Crippen LogP contribution in [0.3, 0.4) is 0 Å². The van der Waals surface area contributed by atoms with Gasteiger partial charge < -0.3 is 5.32 Å². The molecule has 1 atom stereocenters. The smallest absolute Gasteiger partial charge is 0.0300 e. The first-order chi connectivity index (χ1) is 8.97. The van der Waals surface area contributed by atoms with Crippen molar-refractivity contribution in [2.24, 2.45) is 17.3 Å². The second-order valence-electron chi connectivity index (χ2n) is 7.27. The highest BCUT2D eigenvalue weighted by atomic mass is 32.1. The molecule has 1 saturated carbocycles. The molecule has 2 heteroatoms. The highest BCUT2D eigenvalue weighted by Gasteiger charge is 2.29. The number of hydrogen-bond donors (Lipinski definition) is 1. The number of rotatable bonds is 4. The Kier molecular flexibility index (Phi) is 5.08. The molecule has 1 unspecified atom stereocenters. The Morgan fingerprint density at radius 1 is 1.26 bits per heavy atom. The summed E-state index contributed by atoms with van der Waals surface area (Å²) in [5.41, 5.74) is 1.94. The lowest BCUT2D eigenvalue weighted by molar-refractivity contribution is 0.148. The Hall–Kier alpha value is -0.340. The van der Waals surface area contributed by atoms with Crippen molar-refractivity contribution in [3.05, 3.63) is 22.4 Å². The summed E-state index contributed by atoms with van der Waals surface area (Å²) < 4.78 is 0. The summed E-state index contributed by atoms with van der Waals surface area (Å²) in [6.07, 6.45) is 5.65. The van der Waals surface area contributed by atoms with Crippen LogP contribution in [0, 0.1) is 17.3 Å². The maximum absolute atomic E-state index is 3.71. The molecule has 108 valence electrons. The van der Waals surface area contributed by atoms with Crippen LogP contribution in [-0.4, -0.2) is 6.54 Å². The molecule has 0 saturated heterocycles. The third-order valence-corrected chi connectivity index (χ3v) is 5.53. The van der Waals surface area contributed by atoms with Gasteiger partial charge in [-0.1, -0.05) is 20.8 Å². The van der Waals surface area contributed by atoms with Crippen molar-refractivity contribution in [3.8, 4) is 0 Å². The highest BCUT2D eigenvalue weighted by Crippen LogP contribution is 2.39. The fourth-order valence-electron chi connectivity index (χ4n) is 3.22. The van der Waals surface area contributed by atoms with Gasteiger partial charge in [0.1, 0.15) is 0 Å². The van der Waals surface area contributed by atoms with E-state index in [-0.39, 0.29) is 0 Å². The van der Waals surface area contributed by atoms with Crippen molar-refractivity contribution in [3.63, 3.8) is 0 Å². The second-order valence-corrected chi connectivity index (χ2v) is 8.05. The second kappa shape index (κ2) is 6.41. The van der Waals surface area contributed by atoms with E-state index in [1.807, 2.05) is 0 Å². The SMILES string of the molecule is CC(NCC1CCC(C(C)(C)C)CC1)c1ccsc1. The molecule has 0 spiro atoms. The zero-order chi connectivity index (χ0) is 13.9. The van der Waals surface area contributed by atoms with Crippen molar-refractivity contribution in [1.82, 2.24) is 5.32 Å². The fraction of sp³-hybridized carbons (Fsp3) is 0.765. The maximum atomic E-state index is 3.71. The zero-order valence-corrected chi connectivity index (χ0v) is 13.7. The minimum absolute atomic E-state index is 0.502. The molecule has 1 aromatic heterocycles. The van der Waals surface area contributed by atoms with Crippen molar-refractivity contribution in [1.29, 1.82) is 0 Å². The molecule has 0 bridgehead atoms. The van der Waals surface area contributed by atoms with Crippen LogP contribution in [0.1, 0.15) is 65.0 Å². The van der Waals surface area contributed by atoms with E-state index in [0.717, 1.165) is 11.8 Å². The van der Waals surface area contributed by atoms with Crippen molar-refractivity contribution >= 4 is 11.3 Å². The van der Waals surface area contributed by atoms with Gasteiger partial charge in [-0.3, -0.25) is 0 Å². The number of hydrogen-bond acceptors (Lipinski definition) is 2. The monoisotopic (exact) mass is 279 g/mol. The van der Waals surface area contributed by atoms with Gasteiger partial charge in [-0.05, 0) is 78.8 Å². The molecule has 0 aliphatic heterocycles. The van der Waals surface area contributed by atoms with Gasteiger partial charge in [0, 0.05) is 6.04 Å². The Morgan fingerprint density at radius 3 is 2.47 bits per heavy atom. The van der Waals surface area contributed by atoms with Crippen LogP contribution in [0.25, 0.3) is 0 Å². The van der Waals surface area contributed by atoms with Gasteiger partial charge >= 0.3 is 0 Å². The summed E-state index contributed by atoms with van der Waals surface area (Å²) in [5.74, 6) is 1.82. The van der Waals surface area contributed by atoms with E-state index < -0.39 is 0 Å². The quantitative estimate of drug-likeness (QED) is 0.793. The third-order valence-electron chi connectivity index (χ3n) is 4.83. The molecule has 1 heterocycles. The summed E-state index contributed by atoms with van der Waals surface area (Å²) in [6, 6.07) is 2.74. The zero-order valence-electron chi connectivity index (χ0n) is 12.9. The van der Waals surface area contributed by atoms with Gasteiger partial charge in [-0.2, -0.15) is 11.3 Å². The lowest BCUT2D eigenvalue weighted by Gasteiger charge is -2.37. The van der Waals surface area contributed by atoms with E-state index in [2.05, 4.69) is 49.8 Å². The van der Waals surface area contributed by atoms with E-state index in [1.54, 1.807) is 11.3 Å². The molecule has 0 amide bonds. The summed E-state index contributed by atoms with van der Waals surface area (Å²) in [7, 11) is 0.